The highest BCUT2D eigenvalue weighted by molar-refractivity contribution is 5.13. The van der Waals surface area contributed by atoms with Crippen LogP contribution in [0.25, 0.3) is 0 Å². The van der Waals surface area contributed by atoms with E-state index in [1.807, 2.05) is 0 Å². The lowest BCUT2D eigenvalue weighted by molar-refractivity contribution is -0.0448. The van der Waals surface area contributed by atoms with Crippen molar-refractivity contribution in [3.05, 3.63) is 0 Å². The van der Waals surface area contributed by atoms with E-state index in [-0.39, 0.29) is 5.60 Å². The van der Waals surface area contributed by atoms with E-state index in [1.54, 1.807) is 0 Å². The molecule has 12 heavy (non-hydrogen) atoms. The first kappa shape index (κ1) is 7.37. The van der Waals surface area contributed by atoms with Crippen molar-refractivity contribution in [2.45, 2.75) is 57.0 Å². The molecule has 1 heteroatoms. The van der Waals surface area contributed by atoms with Crippen LogP contribution in [0.2, 0.25) is 0 Å². The van der Waals surface area contributed by atoms with Crippen molar-refractivity contribution >= 4 is 0 Å². The molecule has 3 fully saturated rings. The summed E-state index contributed by atoms with van der Waals surface area (Å²) in [6, 6.07) is 0. The van der Waals surface area contributed by atoms with Crippen LogP contribution in [-0.4, -0.2) is 10.7 Å². The van der Waals surface area contributed by atoms with Gasteiger partial charge in [-0.2, -0.15) is 0 Å². The minimum absolute atomic E-state index is 0.214. The second-order valence-electron chi connectivity index (χ2n) is 5.17. The van der Waals surface area contributed by atoms with Crippen LogP contribution in [0.15, 0.2) is 0 Å². The molecule has 3 aliphatic rings. The zero-order valence-corrected chi connectivity index (χ0v) is 7.68. The molecule has 68 valence electrons. The first-order valence-corrected chi connectivity index (χ1v) is 5.49. The molecule has 1 nitrogen and oxygen atoms in total. The van der Waals surface area contributed by atoms with Crippen LogP contribution in [-0.2, 0) is 0 Å². The van der Waals surface area contributed by atoms with Gasteiger partial charge in [-0.15, -0.1) is 0 Å². The monoisotopic (exact) mass is 166 g/mol. The summed E-state index contributed by atoms with van der Waals surface area (Å²) < 4.78 is 0. The van der Waals surface area contributed by atoms with Gasteiger partial charge in [0.1, 0.15) is 0 Å². The van der Waals surface area contributed by atoms with Gasteiger partial charge in [0.25, 0.3) is 0 Å². The standard InChI is InChI=1S/C11H18O/c12-11-7-2-6-10(11)5-1-3-9(10)4-8-11/h9,12H,1-8H2. The maximum Gasteiger partial charge on any atom is 0.0706 e. The smallest absolute Gasteiger partial charge is 0.0706 e. The van der Waals surface area contributed by atoms with Crippen molar-refractivity contribution in [3.63, 3.8) is 0 Å². The molecule has 3 atom stereocenters. The van der Waals surface area contributed by atoms with E-state index in [0.29, 0.717) is 5.41 Å². The number of rotatable bonds is 0. The molecule has 0 radical (unpaired) electrons. The summed E-state index contributed by atoms with van der Waals surface area (Å²) in [4.78, 5) is 0. The minimum atomic E-state index is -0.214. The molecular formula is C11H18O. The van der Waals surface area contributed by atoms with Gasteiger partial charge in [-0.3, -0.25) is 0 Å². The molecule has 0 saturated heterocycles. The second-order valence-corrected chi connectivity index (χ2v) is 5.17. The Labute approximate surface area is 74.2 Å². The minimum Gasteiger partial charge on any atom is -0.389 e. The van der Waals surface area contributed by atoms with Gasteiger partial charge in [0.05, 0.1) is 5.60 Å². The number of hydrogen-bond donors (Lipinski definition) is 1. The average Bonchev–Trinajstić information content (AvgIpc) is 2.60. The Morgan fingerprint density at radius 3 is 2.67 bits per heavy atom. The molecule has 3 saturated carbocycles. The number of hydrogen-bond acceptors (Lipinski definition) is 1. The second kappa shape index (κ2) is 2.06. The highest BCUT2D eigenvalue weighted by atomic mass is 16.3. The Balaban J connectivity index is 2.04. The van der Waals surface area contributed by atoms with E-state index in [2.05, 4.69) is 0 Å². The molecule has 0 aromatic carbocycles. The van der Waals surface area contributed by atoms with Crippen molar-refractivity contribution in [1.29, 1.82) is 0 Å². The molecule has 0 amide bonds. The lowest BCUT2D eigenvalue weighted by Gasteiger charge is -2.36. The Morgan fingerprint density at radius 1 is 0.917 bits per heavy atom. The van der Waals surface area contributed by atoms with Crippen LogP contribution < -0.4 is 0 Å². The molecule has 3 rings (SSSR count). The molecule has 0 aliphatic heterocycles. The largest absolute Gasteiger partial charge is 0.389 e. The fourth-order valence-corrected chi connectivity index (χ4v) is 4.47. The maximum absolute atomic E-state index is 10.5. The van der Waals surface area contributed by atoms with Crippen molar-refractivity contribution < 1.29 is 5.11 Å². The third-order valence-corrected chi connectivity index (χ3v) is 5.00. The molecule has 3 aliphatic carbocycles. The van der Waals surface area contributed by atoms with Crippen LogP contribution >= 0.6 is 0 Å². The fraction of sp³-hybridized carbons (Fsp3) is 1.00. The van der Waals surface area contributed by atoms with Crippen molar-refractivity contribution in [1.82, 2.24) is 0 Å². The summed E-state index contributed by atoms with van der Waals surface area (Å²) >= 11 is 0. The summed E-state index contributed by atoms with van der Waals surface area (Å²) in [5.41, 5.74) is 0.196. The zero-order chi connectivity index (χ0) is 8.23. The fourth-order valence-electron chi connectivity index (χ4n) is 4.47. The quantitative estimate of drug-likeness (QED) is 0.586. The van der Waals surface area contributed by atoms with Crippen LogP contribution in [0.4, 0.5) is 0 Å². The van der Waals surface area contributed by atoms with Gasteiger partial charge in [0.15, 0.2) is 0 Å². The van der Waals surface area contributed by atoms with E-state index in [1.165, 1.54) is 38.5 Å². The Bertz CT molecular complexity index is 209. The SMILES string of the molecule is OC12CCCC13CCCC3CC2. The van der Waals surface area contributed by atoms with E-state index in [0.717, 1.165) is 18.8 Å². The highest BCUT2D eigenvalue weighted by Gasteiger charge is 2.62. The third kappa shape index (κ3) is 0.618. The van der Waals surface area contributed by atoms with E-state index >= 15 is 0 Å². The zero-order valence-electron chi connectivity index (χ0n) is 7.68. The van der Waals surface area contributed by atoms with Gasteiger partial charge in [-0.05, 0) is 50.9 Å². The summed E-state index contributed by atoms with van der Waals surface area (Å²) in [6.07, 6.45) is 10.3. The average molecular weight is 166 g/mol. The van der Waals surface area contributed by atoms with Crippen LogP contribution in [0.3, 0.4) is 0 Å². The molecule has 0 heterocycles. The lowest BCUT2D eigenvalue weighted by atomic mass is 9.73. The third-order valence-electron chi connectivity index (χ3n) is 5.00. The molecule has 1 spiro atoms. The van der Waals surface area contributed by atoms with Crippen molar-refractivity contribution in [2.75, 3.05) is 0 Å². The lowest BCUT2D eigenvalue weighted by Crippen LogP contribution is -2.39. The van der Waals surface area contributed by atoms with Gasteiger partial charge in [-0.1, -0.05) is 6.42 Å². The predicted molar refractivity (Wildman–Crippen MR) is 47.8 cm³/mol. The molecular weight excluding hydrogens is 148 g/mol. The Morgan fingerprint density at radius 2 is 1.75 bits per heavy atom. The van der Waals surface area contributed by atoms with Gasteiger partial charge in [0.2, 0.25) is 0 Å². The molecule has 0 aromatic heterocycles. The number of aliphatic hydroxyl groups is 1. The van der Waals surface area contributed by atoms with Crippen molar-refractivity contribution in [2.24, 2.45) is 11.3 Å². The van der Waals surface area contributed by atoms with Gasteiger partial charge < -0.3 is 5.11 Å². The predicted octanol–water partition coefficient (Wildman–Crippen LogP) is 2.48. The van der Waals surface area contributed by atoms with E-state index < -0.39 is 0 Å². The van der Waals surface area contributed by atoms with Gasteiger partial charge in [0, 0.05) is 5.41 Å². The van der Waals surface area contributed by atoms with Gasteiger partial charge in [-0.25, -0.2) is 0 Å². The normalized spacial score (nSPS) is 57.2. The van der Waals surface area contributed by atoms with E-state index in [4.69, 9.17) is 0 Å². The molecule has 0 aromatic rings. The molecule has 1 N–H and O–H groups in total. The first-order chi connectivity index (χ1) is 5.77. The van der Waals surface area contributed by atoms with Crippen LogP contribution in [0.5, 0.6) is 0 Å². The highest BCUT2D eigenvalue weighted by Crippen LogP contribution is 2.66. The van der Waals surface area contributed by atoms with Crippen LogP contribution in [0.1, 0.15) is 51.4 Å². The molecule has 0 bridgehead atoms. The summed E-state index contributed by atoms with van der Waals surface area (Å²) in [5.74, 6) is 0.894. The van der Waals surface area contributed by atoms with Crippen LogP contribution in [0, 0.1) is 11.3 Å². The van der Waals surface area contributed by atoms with Crippen molar-refractivity contribution in [3.8, 4) is 0 Å². The first-order valence-electron chi connectivity index (χ1n) is 5.49. The van der Waals surface area contributed by atoms with E-state index in [9.17, 15) is 5.11 Å². The maximum atomic E-state index is 10.5. The summed E-state index contributed by atoms with van der Waals surface area (Å²) in [5, 5.41) is 10.5. The Kier molecular flexibility index (Phi) is 1.27. The Hall–Kier alpha value is -0.0400. The topological polar surface area (TPSA) is 20.2 Å². The summed E-state index contributed by atoms with van der Waals surface area (Å²) in [7, 11) is 0. The summed E-state index contributed by atoms with van der Waals surface area (Å²) in [6.45, 7) is 0. The molecule has 3 unspecified atom stereocenters. The van der Waals surface area contributed by atoms with Gasteiger partial charge >= 0.3 is 0 Å².